The monoisotopic (exact) mass is 540 g/mol. The second-order valence-electron chi connectivity index (χ2n) is 7.68. The lowest BCUT2D eigenvalue weighted by atomic mass is 10.00. The molecule has 0 bridgehead atoms. The molecule has 4 rings (SSSR count). The number of guanidine groups is 1. The fourth-order valence-electron chi connectivity index (χ4n) is 3.84. The number of rotatable bonds is 5. The Labute approximate surface area is 206 Å². The molecule has 166 valence electrons. The third-order valence-corrected chi connectivity index (χ3v) is 5.59. The SMILES string of the molecule is CN=C(NCc1ccc(Cn2ccccc2=O)cc1)N1CC=C(c2ccccc2)CC1.I. The van der Waals surface area contributed by atoms with Crippen LogP contribution in [-0.4, -0.2) is 35.6 Å². The highest BCUT2D eigenvalue weighted by atomic mass is 127. The van der Waals surface area contributed by atoms with Crippen molar-refractivity contribution in [1.29, 1.82) is 0 Å². The van der Waals surface area contributed by atoms with E-state index >= 15 is 0 Å². The van der Waals surface area contributed by atoms with Crippen LogP contribution < -0.4 is 10.9 Å². The quantitative estimate of drug-likeness (QED) is 0.297. The first kappa shape index (κ1) is 23.8. The summed E-state index contributed by atoms with van der Waals surface area (Å²) in [5, 5.41) is 3.48. The molecule has 2 aromatic carbocycles. The molecule has 0 radical (unpaired) electrons. The van der Waals surface area contributed by atoms with E-state index in [4.69, 9.17) is 0 Å². The van der Waals surface area contributed by atoms with Crippen molar-refractivity contribution < 1.29 is 0 Å². The van der Waals surface area contributed by atoms with Crippen molar-refractivity contribution >= 4 is 35.5 Å². The van der Waals surface area contributed by atoms with Gasteiger partial charge in [-0.25, -0.2) is 0 Å². The Kier molecular flexibility index (Phi) is 8.67. The van der Waals surface area contributed by atoms with Crippen molar-refractivity contribution in [3.05, 3.63) is 112 Å². The van der Waals surface area contributed by atoms with Crippen molar-refractivity contribution in [2.45, 2.75) is 19.5 Å². The van der Waals surface area contributed by atoms with Crippen molar-refractivity contribution in [2.75, 3.05) is 20.1 Å². The highest BCUT2D eigenvalue weighted by Gasteiger charge is 2.16. The number of hydrogen-bond acceptors (Lipinski definition) is 2. The molecule has 1 N–H and O–H groups in total. The van der Waals surface area contributed by atoms with Gasteiger partial charge in [0, 0.05) is 38.9 Å². The van der Waals surface area contributed by atoms with Crippen LogP contribution in [0.2, 0.25) is 0 Å². The third kappa shape index (κ3) is 6.09. The van der Waals surface area contributed by atoms with Crippen LogP contribution in [0.15, 0.2) is 94.9 Å². The Morgan fingerprint density at radius 2 is 1.69 bits per heavy atom. The molecule has 1 aliphatic heterocycles. The molecule has 3 aromatic rings. The lowest BCUT2D eigenvalue weighted by Crippen LogP contribution is -2.43. The van der Waals surface area contributed by atoms with Crippen molar-refractivity contribution in [3.63, 3.8) is 0 Å². The number of halogens is 1. The summed E-state index contributed by atoms with van der Waals surface area (Å²) in [4.78, 5) is 18.6. The zero-order chi connectivity index (χ0) is 21.5. The summed E-state index contributed by atoms with van der Waals surface area (Å²) >= 11 is 0. The molecular formula is C26H29IN4O. The summed E-state index contributed by atoms with van der Waals surface area (Å²) in [6.07, 6.45) is 5.13. The second-order valence-corrected chi connectivity index (χ2v) is 7.68. The number of nitrogens with zero attached hydrogens (tertiary/aromatic N) is 3. The standard InChI is InChI=1S/C26H28N4O.HI/c1-27-26(29-17-14-24(15-18-29)23-7-3-2-4-8-23)28-19-21-10-12-22(13-11-21)20-30-16-6-5-9-25(30)31;/h2-14,16H,15,17-20H2,1H3,(H,27,28);1H. The summed E-state index contributed by atoms with van der Waals surface area (Å²) < 4.78 is 1.71. The first-order valence-electron chi connectivity index (χ1n) is 10.7. The molecule has 0 spiro atoms. The van der Waals surface area contributed by atoms with Gasteiger partial charge in [0.05, 0.1) is 6.54 Å². The Morgan fingerprint density at radius 3 is 2.34 bits per heavy atom. The Balaban J connectivity index is 0.00000289. The molecule has 32 heavy (non-hydrogen) atoms. The van der Waals surface area contributed by atoms with E-state index in [2.05, 4.69) is 75.9 Å². The van der Waals surface area contributed by atoms with Crippen LogP contribution in [0, 0.1) is 0 Å². The molecule has 0 saturated heterocycles. The highest BCUT2D eigenvalue weighted by molar-refractivity contribution is 14.0. The molecule has 0 unspecified atom stereocenters. The van der Waals surface area contributed by atoms with Crippen LogP contribution in [-0.2, 0) is 13.1 Å². The largest absolute Gasteiger partial charge is 0.352 e. The van der Waals surface area contributed by atoms with Gasteiger partial charge >= 0.3 is 0 Å². The van der Waals surface area contributed by atoms with Crippen LogP contribution in [0.3, 0.4) is 0 Å². The summed E-state index contributed by atoms with van der Waals surface area (Å²) in [5.74, 6) is 0.920. The molecule has 0 saturated carbocycles. The molecule has 1 aromatic heterocycles. The fourth-order valence-corrected chi connectivity index (χ4v) is 3.84. The lowest BCUT2D eigenvalue weighted by molar-refractivity contribution is 0.440. The molecular weight excluding hydrogens is 511 g/mol. The zero-order valence-corrected chi connectivity index (χ0v) is 20.6. The maximum atomic E-state index is 11.9. The number of hydrogen-bond donors (Lipinski definition) is 1. The van der Waals surface area contributed by atoms with E-state index in [0.29, 0.717) is 13.1 Å². The average molecular weight is 540 g/mol. The van der Waals surface area contributed by atoms with E-state index in [1.54, 1.807) is 16.7 Å². The molecule has 0 aliphatic carbocycles. The van der Waals surface area contributed by atoms with Gasteiger partial charge in [-0.05, 0) is 34.8 Å². The molecule has 0 amide bonds. The average Bonchev–Trinajstić information content (AvgIpc) is 2.83. The van der Waals surface area contributed by atoms with Crippen LogP contribution >= 0.6 is 24.0 Å². The normalized spacial score (nSPS) is 13.8. The summed E-state index contributed by atoms with van der Waals surface area (Å²) in [7, 11) is 1.83. The Morgan fingerprint density at radius 1 is 0.969 bits per heavy atom. The maximum absolute atomic E-state index is 11.9. The number of aromatic nitrogens is 1. The summed E-state index contributed by atoms with van der Waals surface area (Å²) in [6, 6.07) is 24.2. The van der Waals surface area contributed by atoms with Gasteiger partial charge in [-0.15, -0.1) is 24.0 Å². The van der Waals surface area contributed by atoms with Gasteiger partial charge in [-0.2, -0.15) is 0 Å². The van der Waals surface area contributed by atoms with Crippen molar-refractivity contribution in [1.82, 2.24) is 14.8 Å². The van der Waals surface area contributed by atoms with Gasteiger partial charge in [0.25, 0.3) is 5.56 Å². The van der Waals surface area contributed by atoms with Gasteiger partial charge in [0.15, 0.2) is 5.96 Å². The fraction of sp³-hybridized carbons (Fsp3) is 0.231. The van der Waals surface area contributed by atoms with Crippen LogP contribution in [0.25, 0.3) is 5.57 Å². The first-order chi connectivity index (χ1) is 15.2. The minimum absolute atomic E-state index is 0. The predicted molar refractivity (Wildman–Crippen MR) is 142 cm³/mol. The van der Waals surface area contributed by atoms with Gasteiger partial charge < -0.3 is 14.8 Å². The third-order valence-electron chi connectivity index (χ3n) is 5.59. The molecule has 0 atom stereocenters. The first-order valence-corrected chi connectivity index (χ1v) is 10.7. The number of pyridine rings is 1. The number of nitrogens with one attached hydrogen (secondary N) is 1. The predicted octanol–water partition coefficient (Wildman–Crippen LogP) is 4.38. The van der Waals surface area contributed by atoms with Crippen molar-refractivity contribution in [2.24, 2.45) is 4.99 Å². The summed E-state index contributed by atoms with van der Waals surface area (Å²) in [5.41, 5.74) is 5.02. The lowest BCUT2D eigenvalue weighted by Gasteiger charge is -2.29. The van der Waals surface area contributed by atoms with Gasteiger partial charge in [-0.1, -0.05) is 66.7 Å². The number of aliphatic imine (C=N–C) groups is 1. The van der Waals surface area contributed by atoms with Gasteiger partial charge in [0.1, 0.15) is 0 Å². The van der Waals surface area contributed by atoms with Crippen molar-refractivity contribution in [3.8, 4) is 0 Å². The zero-order valence-electron chi connectivity index (χ0n) is 18.3. The highest BCUT2D eigenvalue weighted by Crippen LogP contribution is 2.22. The van der Waals surface area contributed by atoms with E-state index in [0.717, 1.165) is 31.0 Å². The molecule has 1 aliphatic rings. The minimum Gasteiger partial charge on any atom is -0.352 e. The molecule has 2 heterocycles. The molecule has 0 fully saturated rings. The molecule has 5 nitrogen and oxygen atoms in total. The van der Waals surface area contributed by atoms with E-state index in [9.17, 15) is 4.79 Å². The minimum atomic E-state index is 0. The smallest absolute Gasteiger partial charge is 0.250 e. The van der Waals surface area contributed by atoms with Gasteiger partial charge in [-0.3, -0.25) is 9.79 Å². The van der Waals surface area contributed by atoms with Crippen LogP contribution in [0.1, 0.15) is 23.1 Å². The van der Waals surface area contributed by atoms with Gasteiger partial charge in [0.2, 0.25) is 0 Å². The van der Waals surface area contributed by atoms with E-state index < -0.39 is 0 Å². The van der Waals surface area contributed by atoms with E-state index in [1.807, 2.05) is 19.3 Å². The Hall–Kier alpha value is -2.87. The second kappa shape index (κ2) is 11.7. The Bertz CT molecular complexity index is 1120. The topological polar surface area (TPSA) is 49.6 Å². The van der Waals surface area contributed by atoms with E-state index in [1.165, 1.54) is 16.7 Å². The van der Waals surface area contributed by atoms with E-state index in [-0.39, 0.29) is 29.5 Å². The van der Waals surface area contributed by atoms with Crippen LogP contribution in [0.4, 0.5) is 0 Å². The molecule has 6 heteroatoms. The maximum Gasteiger partial charge on any atom is 0.250 e. The number of benzene rings is 2. The summed E-state index contributed by atoms with van der Waals surface area (Å²) in [6.45, 7) is 3.10. The van der Waals surface area contributed by atoms with Crippen LogP contribution in [0.5, 0.6) is 0 Å².